The molecule has 0 N–H and O–H groups in total. The zero-order chi connectivity index (χ0) is 21.1. The van der Waals surface area contributed by atoms with Gasteiger partial charge in [-0.2, -0.15) is 20.9 Å². The Morgan fingerprint density at radius 1 is 1.13 bits per heavy atom. The quantitative estimate of drug-likeness (QED) is 0.586. The lowest BCUT2D eigenvalue weighted by atomic mass is 10.2. The average Bonchev–Trinajstić information content (AvgIpc) is 3.46. The number of carbonyl (C=O) groups excluding carboxylic acids is 1. The molecule has 0 radical (unpaired) electrons. The summed E-state index contributed by atoms with van der Waals surface area (Å²) in [5.74, 6) is -0.0633. The van der Waals surface area contributed by atoms with E-state index in [2.05, 4.69) is 4.98 Å². The van der Waals surface area contributed by atoms with Crippen LogP contribution in [0.5, 0.6) is 0 Å². The minimum Gasteiger partial charge on any atom is -0.340 e. The minimum atomic E-state index is -3.77. The molecule has 0 aliphatic carbocycles. The normalized spacial score (nSPS) is 15.1. The van der Waals surface area contributed by atoms with Crippen molar-refractivity contribution in [1.82, 2.24) is 14.2 Å². The number of thiophene rings is 1. The first-order valence-corrected chi connectivity index (χ1v) is 12.5. The van der Waals surface area contributed by atoms with E-state index in [4.69, 9.17) is 0 Å². The molecule has 0 bridgehead atoms. The number of carbonyl (C=O) groups is 1. The Labute approximate surface area is 182 Å². The Kier molecular flexibility index (Phi) is 5.97. The monoisotopic (exact) mass is 458 g/mol. The topological polar surface area (TPSA) is 94.4 Å². The molecule has 1 fully saturated rings. The molecule has 30 heavy (non-hydrogen) atoms. The van der Waals surface area contributed by atoms with Gasteiger partial charge in [0.2, 0.25) is 15.9 Å². The molecule has 3 aromatic rings. The molecule has 1 aliphatic heterocycles. The second kappa shape index (κ2) is 8.65. The first kappa shape index (κ1) is 20.7. The van der Waals surface area contributed by atoms with Gasteiger partial charge in [0.15, 0.2) is 0 Å². The molecule has 0 unspecified atom stereocenters. The molecular weight excluding hydrogens is 440 g/mol. The second-order valence-electron chi connectivity index (χ2n) is 6.73. The van der Waals surface area contributed by atoms with Crippen molar-refractivity contribution in [1.29, 1.82) is 5.26 Å². The molecule has 4 rings (SSSR count). The van der Waals surface area contributed by atoms with E-state index in [1.807, 2.05) is 28.3 Å². The minimum absolute atomic E-state index is 0.00992. The predicted molar refractivity (Wildman–Crippen MR) is 116 cm³/mol. The van der Waals surface area contributed by atoms with Crippen LogP contribution in [-0.2, 0) is 21.2 Å². The summed E-state index contributed by atoms with van der Waals surface area (Å²) in [6.45, 7) is 1.03. The lowest BCUT2D eigenvalue weighted by molar-refractivity contribution is -0.131. The Balaban J connectivity index is 1.38. The summed E-state index contributed by atoms with van der Waals surface area (Å²) in [5, 5.41) is 16.0. The van der Waals surface area contributed by atoms with Crippen LogP contribution in [0.2, 0.25) is 0 Å². The lowest BCUT2D eigenvalue weighted by Crippen LogP contribution is -2.51. The first-order valence-electron chi connectivity index (χ1n) is 9.23. The lowest BCUT2D eigenvalue weighted by Gasteiger charge is -2.34. The molecule has 2 aromatic heterocycles. The number of sulfonamides is 1. The number of aromatic nitrogens is 1. The van der Waals surface area contributed by atoms with E-state index in [0.717, 1.165) is 16.3 Å². The third kappa shape index (κ3) is 4.15. The Hall–Kier alpha value is -2.58. The Morgan fingerprint density at radius 2 is 1.90 bits per heavy atom. The molecule has 0 atom stereocenters. The van der Waals surface area contributed by atoms with Crippen LogP contribution >= 0.6 is 22.7 Å². The number of nitrogens with zero attached hydrogens (tertiary/aromatic N) is 4. The van der Waals surface area contributed by atoms with Crippen LogP contribution < -0.4 is 0 Å². The van der Waals surface area contributed by atoms with Crippen molar-refractivity contribution in [2.24, 2.45) is 0 Å². The van der Waals surface area contributed by atoms with Crippen LogP contribution in [0.1, 0.15) is 11.3 Å². The number of thiazole rings is 1. The summed E-state index contributed by atoms with van der Waals surface area (Å²) in [5.41, 5.74) is 1.91. The van der Waals surface area contributed by atoms with Crippen LogP contribution in [0.4, 0.5) is 0 Å². The van der Waals surface area contributed by atoms with E-state index in [9.17, 15) is 18.5 Å². The van der Waals surface area contributed by atoms with E-state index < -0.39 is 10.0 Å². The Morgan fingerprint density at radius 3 is 2.60 bits per heavy atom. The van der Waals surface area contributed by atoms with E-state index in [1.165, 1.54) is 27.8 Å². The highest BCUT2D eigenvalue weighted by Crippen LogP contribution is 2.26. The largest absolute Gasteiger partial charge is 0.340 e. The van der Waals surface area contributed by atoms with Gasteiger partial charge >= 0.3 is 0 Å². The summed E-state index contributed by atoms with van der Waals surface area (Å²) in [7, 11) is -3.77. The Bertz CT molecular complexity index is 1190. The van der Waals surface area contributed by atoms with Crippen molar-refractivity contribution < 1.29 is 13.2 Å². The maximum Gasteiger partial charge on any atom is 0.244 e. The van der Waals surface area contributed by atoms with Gasteiger partial charge in [0.05, 0.1) is 22.6 Å². The van der Waals surface area contributed by atoms with Crippen molar-refractivity contribution in [2.75, 3.05) is 26.2 Å². The summed E-state index contributed by atoms with van der Waals surface area (Å²) in [6, 6.07) is 10.1. The molecule has 7 nitrogen and oxygen atoms in total. The van der Waals surface area contributed by atoms with Crippen molar-refractivity contribution in [3.8, 4) is 16.6 Å². The molecule has 1 aliphatic rings. The van der Waals surface area contributed by atoms with Gasteiger partial charge < -0.3 is 4.90 Å². The summed E-state index contributed by atoms with van der Waals surface area (Å²) in [6.07, 6.45) is 0.199. The maximum absolute atomic E-state index is 12.9. The first-order chi connectivity index (χ1) is 14.5. The fourth-order valence-electron chi connectivity index (χ4n) is 3.27. The molecule has 154 valence electrons. The molecule has 1 amide bonds. The van der Waals surface area contributed by atoms with Gasteiger partial charge in [-0.1, -0.05) is 12.1 Å². The maximum atomic E-state index is 12.9. The van der Waals surface area contributed by atoms with E-state index >= 15 is 0 Å². The van der Waals surface area contributed by atoms with Gasteiger partial charge in [-0.15, -0.1) is 11.3 Å². The second-order valence-corrected chi connectivity index (χ2v) is 10.3. The zero-order valence-corrected chi connectivity index (χ0v) is 18.3. The molecule has 0 spiro atoms. The highest BCUT2D eigenvalue weighted by Gasteiger charge is 2.31. The number of hydrogen-bond acceptors (Lipinski definition) is 7. The third-order valence-corrected chi connectivity index (χ3v) is 8.45. The number of rotatable bonds is 5. The van der Waals surface area contributed by atoms with Crippen LogP contribution in [0, 0.1) is 11.3 Å². The van der Waals surface area contributed by atoms with Crippen molar-refractivity contribution in [3.63, 3.8) is 0 Å². The summed E-state index contributed by atoms with van der Waals surface area (Å²) >= 11 is 3.11. The molecule has 1 saturated heterocycles. The fourth-order valence-corrected chi connectivity index (χ4v) is 6.37. The summed E-state index contributed by atoms with van der Waals surface area (Å²) < 4.78 is 27.2. The van der Waals surface area contributed by atoms with E-state index in [0.29, 0.717) is 13.1 Å². The van der Waals surface area contributed by atoms with Crippen LogP contribution in [-0.4, -0.2) is 54.7 Å². The molecule has 0 saturated carbocycles. The number of amides is 1. The van der Waals surface area contributed by atoms with Gasteiger partial charge in [0.1, 0.15) is 11.1 Å². The standard InChI is InChI=1S/C20H18N4O3S3/c21-12-15-3-1-2-4-18(15)30(26,27)24-8-6-23(7-9-24)19(25)11-17-14-29-20(22-17)16-5-10-28-13-16/h1-5,10,13-14H,6-9,11H2. The predicted octanol–water partition coefficient (Wildman–Crippen LogP) is 2.82. The third-order valence-electron chi connectivity index (χ3n) is 4.87. The SMILES string of the molecule is N#Cc1ccccc1S(=O)(=O)N1CCN(C(=O)Cc2csc(-c3ccsc3)n2)CC1. The molecule has 1 aromatic carbocycles. The van der Waals surface area contributed by atoms with E-state index in [1.54, 1.807) is 28.4 Å². The van der Waals surface area contributed by atoms with Gasteiger partial charge in [-0.05, 0) is 23.6 Å². The van der Waals surface area contributed by atoms with Gasteiger partial charge in [0.25, 0.3) is 0 Å². The van der Waals surface area contributed by atoms with Crippen LogP contribution in [0.3, 0.4) is 0 Å². The molecule has 10 heteroatoms. The van der Waals surface area contributed by atoms with E-state index in [-0.39, 0.29) is 35.9 Å². The zero-order valence-electron chi connectivity index (χ0n) is 15.9. The highest BCUT2D eigenvalue weighted by atomic mass is 32.2. The van der Waals surface area contributed by atoms with Gasteiger partial charge in [0, 0.05) is 42.5 Å². The van der Waals surface area contributed by atoms with Crippen LogP contribution in [0.15, 0.2) is 51.4 Å². The van der Waals surface area contributed by atoms with Crippen LogP contribution in [0.25, 0.3) is 10.6 Å². The van der Waals surface area contributed by atoms with Gasteiger partial charge in [-0.3, -0.25) is 4.79 Å². The number of nitriles is 1. The van der Waals surface area contributed by atoms with Crippen molar-refractivity contribution in [2.45, 2.75) is 11.3 Å². The van der Waals surface area contributed by atoms with Gasteiger partial charge in [-0.25, -0.2) is 13.4 Å². The highest BCUT2D eigenvalue weighted by molar-refractivity contribution is 7.89. The van der Waals surface area contributed by atoms with Crippen molar-refractivity contribution >= 4 is 38.6 Å². The molecule has 3 heterocycles. The fraction of sp³-hybridized carbons (Fsp3) is 0.250. The average molecular weight is 459 g/mol. The number of benzene rings is 1. The molecular formula is C20H18N4O3S3. The van der Waals surface area contributed by atoms with Crippen molar-refractivity contribution in [3.05, 3.63) is 57.7 Å². The number of piperazine rings is 1. The smallest absolute Gasteiger partial charge is 0.244 e. The summed E-state index contributed by atoms with van der Waals surface area (Å²) in [4.78, 5) is 18.9. The number of hydrogen-bond donors (Lipinski definition) is 0.